The molecule has 26 heavy (non-hydrogen) atoms. The minimum Gasteiger partial charge on any atom is -0.494 e. The molecule has 0 bridgehead atoms. The number of imidazole rings is 1. The Balaban J connectivity index is 1.65. The third kappa shape index (κ3) is 3.09. The van der Waals surface area contributed by atoms with Crippen LogP contribution in [0.3, 0.4) is 0 Å². The van der Waals surface area contributed by atoms with Gasteiger partial charge in [0.25, 0.3) is 0 Å². The predicted molar refractivity (Wildman–Crippen MR) is 102 cm³/mol. The Kier molecular flexibility index (Phi) is 4.23. The maximum Gasteiger partial charge on any atom is 0.227 e. The maximum absolute atomic E-state index is 5.46. The van der Waals surface area contributed by atoms with E-state index in [1.54, 1.807) is 6.20 Å². The summed E-state index contributed by atoms with van der Waals surface area (Å²) in [4.78, 5) is 13.6. The molecule has 0 aliphatic rings. The minimum absolute atomic E-state index is 0.539. The van der Waals surface area contributed by atoms with Gasteiger partial charge in [-0.3, -0.25) is 4.40 Å². The first-order valence-corrected chi connectivity index (χ1v) is 8.51. The van der Waals surface area contributed by atoms with Crippen LogP contribution in [-0.4, -0.2) is 26.0 Å². The number of fused-ring (bicyclic) bond motifs is 1. The molecule has 4 aromatic rings. The van der Waals surface area contributed by atoms with E-state index in [2.05, 4.69) is 20.3 Å². The van der Waals surface area contributed by atoms with Gasteiger partial charge in [0, 0.05) is 18.1 Å². The van der Waals surface area contributed by atoms with Crippen molar-refractivity contribution < 1.29 is 4.74 Å². The first-order valence-electron chi connectivity index (χ1n) is 8.51. The van der Waals surface area contributed by atoms with E-state index in [0.717, 1.165) is 34.2 Å². The van der Waals surface area contributed by atoms with Crippen LogP contribution in [0.2, 0.25) is 0 Å². The third-order valence-corrected chi connectivity index (χ3v) is 4.02. The molecule has 0 aliphatic carbocycles. The Morgan fingerprint density at radius 1 is 1.04 bits per heavy atom. The van der Waals surface area contributed by atoms with Crippen molar-refractivity contribution in [3.8, 4) is 17.1 Å². The quantitative estimate of drug-likeness (QED) is 0.586. The first-order chi connectivity index (χ1) is 12.7. The number of pyridine rings is 1. The smallest absolute Gasteiger partial charge is 0.227 e. The van der Waals surface area contributed by atoms with Crippen molar-refractivity contribution in [3.05, 3.63) is 66.6 Å². The third-order valence-electron chi connectivity index (χ3n) is 4.02. The van der Waals surface area contributed by atoms with Gasteiger partial charge in [-0.15, -0.1) is 0 Å². The van der Waals surface area contributed by atoms with Gasteiger partial charge in [-0.05, 0) is 56.3 Å². The summed E-state index contributed by atoms with van der Waals surface area (Å²) < 4.78 is 7.50. The van der Waals surface area contributed by atoms with Crippen molar-refractivity contribution in [2.45, 2.75) is 13.8 Å². The highest BCUT2D eigenvalue weighted by molar-refractivity contribution is 5.65. The van der Waals surface area contributed by atoms with Crippen LogP contribution in [0.5, 0.6) is 5.75 Å². The summed E-state index contributed by atoms with van der Waals surface area (Å²) in [5.41, 5.74) is 4.53. The largest absolute Gasteiger partial charge is 0.494 e. The van der Waals surface area contributed by atoms with E-state index in [9.17, 15) is 0 Å². The highest BCUT2D eigenvalue weighted by atomic mass is 16.5. The van der Waals surface area contributed by atoms with Crippen LogP contribution in [0.25, 0.3) is 17.0 Å². The molecule has 4 rings (SSSR count). The van der Waals surface area contributed by atoms with Gasteiger partial charge >= 0.3 is 0 Å². The van der Waals surface area contributed by atoms with Crippen LogP contribution in [0.15, 0.2) is 60.9 Å². The average Bonchev–Trinajstić information content (AvgIpc) is 2.99. The van der Waals surface area contributed by atoms with Crippen molar-refractivity contribution in [1.82, 2.24) is 19.4 Å². The minimum atomic E-state index is 0.539. The Bertz CT molecular complexity index is 1040. The molecule has 0 fully saturated rings. The summed E-state index contributed by atoms with van der Waals surface area (Å²) in [6.45, 7) is 4.61. The van der Waals surface area contributed by atoms with E-state index >= 15 is 0 Å². The summed E-state index contributed by atoms with van der Waals surface area (Å²) in [7, 11) is 0. The van der Waals surface area contributed by atoms with Gasteiger partial charge in [-0.25, -0.2) is 15.0 Å². The maximum atomic E-state index is 5.46. The number of anilines is 2. The van der Waals surface area contributed by atoms with Crippen LogP contribution in [0, 0.1) is 6.92 Å². The van der Waals surface area contributed by atoms with Gasteiger partial charge in [0.2, 0.25) is 5.95 Å². The molecule has 0 amide bonds. The van der Waals surface area contributed by atoms with Gasteiger partial charge in [0.05, 0.1) is 23.7 Å². The molecule has 0 spiro atoms. The SMILES string of the molecule is CCOc1ccc(Nc2nccc(-c3c(C)nc4ccccn34)n2)cc1. The fourth-order valence-electron chi connectivity index (χ4n) is 2.90. The number of rotatable bonds is 5. The van der Waals surface area contributed by atoms with E-state index in [0.29, 0.717) is 12.6 Å². The molecule has 3 heterocycles. The summed E-state index contributed by atoms with van der Waals surface area (Å²) in [6.07, 6.45) is 3.74. The molecule has 0 saturated heterocycles. The topological polar surface area (TPSA) is 64.3 Å². The van der Waals surface area contributed by atoms with Gasteiger partial charge in [-0.2, -0.15) is 0 Å². The average molecular weight is 345 g/mol. The van der Waals surface area contributed by atoms with Crippen LogP contribution < -0.4 is 10.1 Å². The van der Waals surface area contributed by atoms with E-state index in [4.69, 9.17) is 4.74 Å². The van der Waals surface area contributed by atoms with E-state index < -0.39 is 0 Å². The summed E-state index contributed by atoms with van der Waals surface area (Å²) in [6, 6.07) is 15.6. The number of aryl methyl sites for hydroxylation is 1. The zero-order valence-corrected chi connectivity index (χ0v) is 14.7. The fourth-order valence-corrected chi connectivity index (χ4v) is 2.90. The molecule has 130 valence electrons. The van der Waals surface area contributed by atoms with Crippen molar-refractivity contribution >= 4 is 17.3 Å². The first kappa shape index (κ1) is 16.1. The lowest BCUT2D eigenvalue weighted by Crippen LogP contribution is -1.99. The Morgan fingerprint density at radius 2 is 1.88 bits per heavy atom. The Hall–Kier alpha value is -3.41. The molecule has 1 N–H and O–H groups in total. The zero-order chi connectivity index (χ0) is 17.9. The standard InChI is InChI=1S/C20H19N5O/c1-3-26-16-9-7-15(8-10-16)23-20-21-12-11-17(24-20)19-14(2)22-18-6-4-5-13-25(18)19/h4-13H,3H2,1-2H3,(H,21,23,24). The van der Waals surface area contributed by atoms with Crippen LogP contribution in [-0.2, 0) is 0 Å². The molecule has 1 aromatic carbocycles. The molecule has 0 aliphatic heterocycles. The second-order valence-electron chi connectivity index (χ2n) is 5.82. The Morgan fingerprint density at radius 3 is 2.69 bits per heavy atom. The molecule has 3 aromatic heterocycles. The summed E-state index contributed by atoms with van der Waals surface area (Å²) in [5, 5.41) is 3.24. The monoisotopic (exact) mass is 345 g/mol. The number of nitrogens with one attached hydrogen (secondary N) is 1. The fraction of sp³-hybridized carbons (Fsp3) is 0.150. The number of aromatic nitrogens is 4. The highest BCUT2D eigenvalue weighted by Gasteiger charge is 2.12. The lowest BCUT2D eigenvalue weighted by atomic mass is 10.2. The molecule has 0 saturated carbocycles. The van der Waals surface area contributed by atoms with E-state index in [-0.39, 0.29) is 0 Å². The van der Waals surface area contributed by atoms with Gasteiger partial charge in [-0.1, -0.05) is 6.07 Å². The van der Waals surface area contributed by atoms with Crippen molar-refractivity contribution in [2.24, 2.45) is 0 Å². The van der Waals surface area contributed by atoms with E-state index in [1.807, 2.05) is 73.0 Å². The van der Waals surface area contributed by atoms with Gasteiger partial charge in [0.1, 0.15) is 11.4 Å². The zero-order valence-electron chi connectivity index (χ0n) is 14.7. The van der Waals surface area contributed by atoms with Crippen LogP contribution in [0.4, 0.5) is 11.6 Å². The van der Waals surface area contributed by atoms with Gasteiger partial charge in [0.15, 0.2) is 0 Å². The summed E-state index contributed by atoms with van der Waals surface area (Å²) in [5.74, 6) is 1.38. The molecule has 0 radical (unpaired) electrons. The van der Waals surface area contributed by atoms with Crippen molar-refractivity contribution in [2.75, 3.05) is 11.9 Å². The Labute approximate surface area is 151 Å². The van der Waals surface area contributed by atoms with Crippen molar-refractivity contribution in [1.29, 1.82) is 0 Å². The summed E-state index contributed by atoms with van der Waals surface area (Å²) >= 11 is 0. The predicted octanol–water partition coefficient (Wildman–Crippen LogP) is 4.24. The number of nitrogens with zero attached hydrogens (tertiary/aromatic N) is 4. The van der Waals surface area contributed by atoms with Crippen molar-refractivity contribution in [3.63, 3.8) is 0 Å². The second kappa shape index (κ2) is 6.84. The van der Waals surface area contributed by atoms with Gasteiger partial charge < -0.3 is 10.1 Å². The normalized spacial score (nSPS) is 10.8. The number of hydrogen-bond acceptors (Lipinski definition) is 5. The molecule has 0 atom stereocenters. The molecular weight excluding hydrogens is 326 g/mol. The lowest BCUT2D eigenvalue weighted by Gasteiger charge is -2.08. The van der Waals surface area contributed by atoms with Crippen LogP contribution in [0.1, 0.15) is 12.6 Å². The number of ether oxygens (including phenoxy) is 1. The molecule has 0 unspecified atom stereocenters. The van der Waals surface area contributed by atoms with Crippen LogP contribution >= 0.6 is 0 Å². The number of benzene rings is 1. The number of hydrogen-bond donors (Lipinski definition) is 1. The van der Waals surface area contributed by atoms with E-state index in [1.165, 1.54) is 0 Å². The lowest BCUT2D eigenvalue weighted by molar-refractivity contribution is 0.340. The molecule has 6 heteroatoms. The highest BCUT2D eigenvalue weighted by Crippen LogP contribution is 2.24. The second-order valence-corrected chi connectivity index (χ2v) is 5.82. The molecule has 6 nitrogen and oxygen atoms in total. The molecular formula is C20H19N5O.